The maximum Gasteiger partial charge on any atom is 0.244 e. The minimum absolute atomic E-state index is 0.263. The number of hydrogen-bond donors (Lipinski definition) is 2. The molecule has 1 aromatic heterocycles. The van der Waals surface area contributed by atoms with Gasteiger partial charge in [0.25, 0.3) is 0 Å². The van der Waals surface area contributed by atoms with Crippen molar-refractivity contribution in [2.45, 2.75) is 38.3 Å². The fourth-order valence-electron chi connectivity index (χ4n) is 2.73. The molecule has 0 bridgehead atoms. The maximum atomic E-state index is 12.7. The van der Waals surface area contributed by atoms with Crippen molar-refractivity contribution >= 4 is 10.0 Å². The molecule has 120 valence electrons. The molecule has 2 heterocycles. The Hall–Kier alpha value is -0.890. The molecule has 0 aromatic carbocycles. The zero-order valence-corrected chi connectivity index (χ0v) is 13.9. The average Bonchev–Trinajstić information content (AvgIpc) is 2.94. The number of nitrogens with zero attached hydrogens (tertiary/aromatic N) is 2. The Bertz CT molecular complexity index is 555. The Morgan fingerprint density at radius 1 is 1.38 bits per heavy atom. The van der Waals surface area contributed by atoms with Gasteiger partial charge in [0.15, 0.2) is 0 Å². The predicted octanol–water partition coefficient (Wildman–Crippen LogP) is 0.839. The van der Waals surface area contributed by atoms with Crippen LogP contribution in [0.2, 0.25) is 0 Å². The highest BCUT2D eigenvalue weighted by Gasteiger charge is 2.32. The molecule has 21 heavy (non-hydrogen) atoms. The summed E-state index contributed by atoms with van der Waals surface area (Å²) >= 11 is 0. The second-order valence-corrected chi connectivity index (χ2v) is 7.42. The summed E-state index contributed by atoms with van der Waals surface area (Å²) in [5.74, 6) is 0. The van der Waals surface area contributed by atoms with Crippen LogP contribution in [0.3, 0.4) is 0 Å². The van der Waals surface area contributed by atoms with Crippen LogP contribution >= 0.6 is 0 Å². The van der Waals surface area contributed by atoms with E-state index >= 15 is 0 Å². The highest BCUT2D eigenvalue weighted by atomic mass is 32.2. The third-order valence-corrected chi connectivity index (χ3v) is 5.90. The summed E-state index contributed by atoms with van der Waals surface area (Å²) in [7, 11) is -3.38. The van der Waals surface area contributed by atoms with Crippen molar-refractivity contribution in [1.29, 1.82) is 0 Å². The molecule has 1 aromatic rings. The van der Waals surface area contributed by atoms with Crippen molar-refractivity contribution in [3.8, 4) is 0 Å². The standard InChI is InChI=1S/C14H26N4O2S/c1-4-15-9-13-8-14(10-16-13)21(19,20)18-7-6-17(5-2)12(3)11-18/h8,10,12,15-16H,4-7,9,11H2,1-3H3. The smallest absolute Gasteiger partial charge is 0.244 e. The molecule has 1 fully saturated rings. The molecule has 2 rings (SSSR count). The van der Waals surface area contributed by atoms with E-state index in [4.69, 9.17) is 0 Å². The summed E-state index contributed by atoms with van der Waals surface area (Å²) in [6.45, 7) is 10.6. The Kier molecular flexibility index (Phi) is 5.43. The lowest BCUT2D eigenvalue weighted by Gasteiger charge is -2.38. The molecule has 0 aliphatic carbocycles. The summed E-state index contributed by atoms with van der Waals surface area (Å²) in [6, 6.07) is 1.99. The zero-order valence-electron chi connectivity index (χ0n) is 13.1. The van der Waals surface area contributed by atoms with E-state index < -0.39 is 10.0 Å². The Morgan fingerprint density at radius 2 is 2.14 bits per heavy atom. The second-order valence-electron chi connectivity index (χ2n) is 5.48. The number of likely N-dealkylation sites (N-methyl/N-ethyl adjacent to an activating group) is 1. The van der Waals surface area contributed by atoms with Crippen molar-refractivity contribution in [3.05, 3.63) is 18.0 Å². The molecule has 0 spiro atoms. The topological polar surface area (TPSA) is 68.4 Å². The van der Waals surface area contributed by atoms with Crippen molar-refractivity contribution in [2.24, 2.45) is 0 Å². The molecule has 1 aliphatic rings. The van der Waals surface area contributed by atoms with Gasteiger partial charge in [0, 0.05) is 44.1 Å². The van der Waals surface area contributed by atoms with E-state index in [9.17, 15) is 8.42 Å². The molecule has 0 saturated carbocycles. The van der Waals surface area contributed by atoms with E-state index in [0.717, 1.165) is 25.3 Å². The van der Waals surface area contributed by atoms with Gasteiger partial charge in [-0.1, -0.05) is 13.8 Å². The number of H-pyrrole nitrogens is 1. The fraction of sp³-hybridized carbons (Fsp3) is 0.714. The molecule has 1 atom stereocenters. The van der Waals surface area contributed by atoms with Gasteiger partial charge < -0.3 is 10.3 Å². The fourth-order valence-corrected chi connectivity index (χ4v) is 4.26. The van der Waals surface area contributed by atoms with E-state index in [0.29, 0.717) is 24.5 Å². The van der Waals surface area contributed by atoms with Crippen LogP contribution in [-0.2, 0) is 16.6 Å². The van der Waals surface area contributed by atoms with Crippen LogP contribution in [0.1, 0.15) is 26.5 Å². The first kappa shape index (κ1) is 16.5. The van der Waals surface area contributed by atoms with Crippen molar-refractivity contribution in [3.63, 3.8) is 0 Å². The quantitative estimate of drug-likeness (QED) is 0.816. The first-order valence-corrected chi connectivity index (χ1v) is 9.05. The van der Waals surface area contributed by atoms with Gasteiger partial charge in [-0.15, -0.1) is 0 Å². The summed E-state index contributed by atoms with van der Waals surface area (Å²) in [6.07, 6.45) is 1.60. The monoisotopic (exact) mass is 314 g/mol. The zero-order chi connectivity index (χ0) is 15.5. The number of hydrogen-bond acceptors (Lipinski definition) is 4. The summed E-state index contributed by atoms with van der Waals surface area (Å²) in [5.41, 5.74) is 0.899. The van der Waals surface area contributed by atoms with Gasteiger partial charge in [-0.25, -0.2) is 8.42 Å². The summed E-state index contributed by atoms with van der Waals surface area (Å²) < 4.78 is 27.0. The Labute approximate surface area is 127 Å². The minimum Gasteiger partial charge on any atom is -0.363 e. The molecule has 1 saturated heterocycles. The van der Waals surface area contributed by atoms with Crippen LogP contribution in [0.5, 0.6) is 0 Å². The van der Waals surface area contributed by atoms with Gasteiger partial charge in [-0.2, -0.15) is 4.31 Å². The van der Waals surface area contributed by atoms with Gasteiger partial charge in [0.2, 0.25) is 10.0 Å². The molecular weight excluding hydrogens is 288 g/mol. The number of aromatic amines is 1. The molecule has 0 radical (unpaired) electrons. The third kappa shape index (κ3) is 3.66. The number of rotatable bonds is 6. The Balaban J connectivity index is 2.09. The van der Waals surface area contributed by atoms with Crippen LogP contribution in [-0.4, -0.2) is 61.4 Å². The molecule has 0 amide bonds. The number of sulfonamides is 1. The molecule has 1 aliphatic heterocycles. The molecule has 7 heteroatoms. The van der Waals surface area contributed by atoms with E-state index in [-0.39, 0.29) is 6.04 Å². The number of piperazine rings is 1. The molecular formula is C14H26N4O2S. The molecule has 2 N–H and O–H groups in total. The van der Waals surface area contributed by atoms with Gasteiger partial charge in [0.1, 0.15) is 0 Å². The lowest BCUT2D eigenvalue weighted by molar-refractivity contribution is 0.135. The lowest BCUT2D eigenvalue weighted by Crippen LogP contribution is -2.53. The third-order valence-electron chi connectivity index (χ3n) is 4.05. The SMILES string of the molecule is CCNCc1cc(S(=O)(=O)N2CCN(CC)C(C)C2)c[nH]1. The highest BCUT2D eigenvalue weighted by molar-refractivity contribution is 7.89. The van der Waals surface area contributed by atoms with E-state index in [1.807, 2.05) is 6.92 Å². The predicted molar refractivity (Wildman–Crippen MR) is 83.6 cm³/mol. The second kappa shape index (κ2) is 6.91. The number of aromatic nitrogens is 1. The minimum atomic E-state index is -3.38. The van der Waals surface area contributed by atoms with Crippen LogP contribution in [0.25, 0.3) is 0 Å². The highest BCUT2D eigenvalue weighted by Crippen LogP contribution is 2.20. The van der Waals surface area contributed by atoms with Crippen LogP contribution in [0.4, 0.5) is 0 Å². The van der Waals surface area contributed by atoms with Crippen molar-refractivity contribution in [2.75, 3.05) is 32.7 Å². The lowest BCUT2D eigenvalue weighted by atomic mass is 10.2. The average molecular weight is 314 g/mol. The van der Waals surface area contributed by atoms with Crippen molar-refractivity contribution < 1.29 is 8.42 Å². The van der Waals surface area contributed by atoms with Gasteiger partial charge >= 0.3 is 0 Å². The van der Waals surface area contributed by atoms with E-state index in [1.54, 1.807) is 16.6 Å². The first-order valence-electron chi connectivity index (χ1n) is 7.61. The van der Waals surface area contributed by atoms with E-state index in [1.165, 1.54) is 0 Å². The van der Waals surface area contributed by atoms with Crippen LogP contribution in [0.15, 0.2) is 17.2 Å². The van der Waals surface area contributed by atoms with E-state index in [2.05, 4.69) is 29.0 Å². The number of nitrogens with one attached hydrogen (secondary N) is 2. The molecule has 1 unspecified atom stereocenters. The van der Waals surface area contributed by atoms with Crippen LogP contribution in [0, 0.1) is 0 Å². The largest absolute Gasteiger partial charge is 0.363 e. The Morgan fingerprint density at radius 3 is 2.76 bits per heavy atom. The summed E-state index contributed by atoms with van der Waals surface area (Å²) in [5, 5.41) is 3.18. The van der Waals surface area contributed by atoms with Gasteiger partial charge in [-0.05, 0) is 26.1 Å². The molecule has 6 nitrogen and oxygen atoms in total. The first-order chi connectivity index (χ1) is 9.98. The van der Waals surface area contributed by atoms with Crippen molar-refractivity contribution in [1.82, 2.24) is 19.5 Å². The maximum absolute atomic E-state index is 12.7. The normalized spacial score (nSPS) is 21.8. The summed E-state index contributed by atoms with van der Waals surface area (Å²) in [4.78, 5) is 5.71. The van der Waals surface area contributed by atoms with Gasteiger partial charge in [-0.3, -0.25) is 4.90 Å². The van der Waals surface area contributed by atoms with Gasteiger partial charge in [0.05, 0.1) is 4.90 Å². The van der Waals surface area contributed by atoms with Crippen LogP contribution < -0.4 is 5.32 Å².